The van der Waals surface area contributed by atoms with Gasteiger partial charge >= 0.3 is 0 Å². The Kier molecular flexibility index (Phi) is 6.20. The standard InChI is InChI=1S/C19H23NO4S/c1-15(2)20(13-16-7-5-4-6-8-16)19(21)14-24-17-9-11-18(12-10-17)25(3,22)23/h4-12,15H,13-14H2,1-3H3. The fourth-order valence-electron chi connectivity index (χ4n) is 2.35. The second kappa shape index (κ2) is 8.16. The zero-order chi connectivity index (χ0) is 18.4. The monoisotopic (exact) mass is 361 g/mol. The summed E-state index contributed by atoms with van der Waals surface area (Å²) in [4.78, 5) is 14.5. The topological polar surface area (TPSA) is 63.7 Å². The number of carbonyl (C=O) groups is 1. The van der Waals surface area contributed by atoms with Crippen molar-refractivity contribution in [2.45, 2.75) is 31.3 Å². The van der Waals surface area contributed by atoms with Gasteiger partial charge in [0.1, 0.15) is 5.75 Å². The Balaban J connectivity index is 1.99. The molecule has 2 rings (SSSR count). The molecule has 0 saturated heterocycles. The van der Waals surface area contributed by atoms with Crippen LogP contribution >= 0.6 is 0 Å². The van der Waals surface area contributed by atoms with Crippen LogP contribution in [-0.4, -0.2) is 38.1 Å². The maximum atomic E-state index is 12.5. The van der Waals surface area contributed by atoms with Crippen LogP contribution in [0, 0.1) is 0 Å². The highest BCUT2D eigenvalue weighted by molar-refractivity contribution is 7.90. The van der Waals surface area contributed by atoms with E-state index in [1.807, 2.05) is 44.2 Å². The number of sulfone groups is 1. The van der Waals surface area contributed by atoms with Gasteiger partial charge in [-0.25, -0.2) is 8.42 Å². The molecule has 0 saturated carbocycles. The summed E-state index contributed by atoms with van der Waals surface area (Å²) in [6.45, 7) is 4.35. The first kappa shape index (κ1) is 19.0. The summed E-state index contributed by atoms with van der Waals surface area (Å²) in [5.41, 5.74) is 1.06. The van der Waals surface area contributed by atoms with Crippen LogP contribution in [0.15, 0.2) is 59.5 Å². The zero-order valence-electron chi connectivity index (χ0n) is 14.7. The quantitative estimate of drug-likeness (QED) is 0.761. The van der Waals surface area contributed by atoms with Crippen molar-refractivity contribution in [1.82, 2.24) is 4.90 Å². The average Bonchev–Trinajstić information content (AvgIpc) is 2.58. The summed E-state index contributed by atoms with van der Waals surface area (Å²) in [6, 6.07) is 15.9. The fraction of sp³-hybridized carbons (Fsp3) is 0.316. The van der Waals surface area contributed by atoms with Crippen LogP contribution in [0.4, 0.5) is 0 Å². The SMILES string of the molecule is CC(C)N(Cc1ccccc1)C(=O)COc1ccc(S(C)(=O)=O)cc1. The van der Waals surface area contributed by atoms with Crippen molar-refractivity contribution >= 4 is 15.7 Å². The Labute approximate surface area is 149 Å². The zero-order valence-corrected chi connectivity index (χ0v) is 15.5. The lowest BCUT2D eigenvalue weighted by atomic mass is 10.2. The largest absolute Gasteiger partial charge is 0.484 e. The third kappa shape index (κ3) is 5.60. The Morgan fingerprint density at radius 3 is 2.16 bits per heavy atom. The minimum absolute atomic E-state index is 0.0453. The van der Waals surface area contributed by atoms with Crippen LogP contribution < -0.4 is 4.74 Å². The Morgan fingerprint density at radius 1 is 1.04 bits per heavy atom. The molecular weight excluding hydrogens is 338 g/mol. The van der Waals surface area contributed by atoms with Gasteiger partial charge < -0.3 is 9.64 Å². The molecule has 0 aliphatic heterocycles. The van der Waals surface area contributed by atoms with Crippen LogP contribution in [-0.2, 0) is 21.2 Å². The highest BCUT2D eigenvalue weighted by atomic mass is 32.2. The van der Waals surface area contributed by atoms with E-state index in [2.05, 4.69) is 0 Å². The second-order valence-electron chi connectivity index (χ2n) is 6.13. The van der Waals surface area contributed by atoms with E-state index in [0.29, 0.717) is 12.3 Å². The normalized spacial score (nSPS) is 11.4. The van der Waals surface area contributed by atoms with Gasteiger partial charge in [-0.15, -0.1) is 0 Å². The Bertz CT molecular complexity index is 799. The molecule has 0 heterocycles. The molecule has 0 aliphatic carbocycles. The average molecular weight is 361 g/mol. The molecule has 134 valence electrons. The summed E-state index contributed by atoms with van der Waals surface area (Å²) in [7, 11) is -3.24. The van der Waals surface area contributed by atoms with E-state index in [1.54, 1.807) is 17.0 Å². The first-order valence-electron chi connectivity index (χ1n) is 8.03. The van der Waals surface area contributed by atoms with Crippen molar-refractivity contribution < 1.29 is 17.9 Å². The minimum Gasteiger partial charge on any atom is -0.484 e. The molecule has 0 N–H and O–H groups in total. The molecule has 6 heteroatoms. The third-order valence-corrected chi connectivity index (χ3v) is 4.88. The molecule has 0 unspecified atom stereocenters. The molecule has 0 aliphatic rings. The summed E-state index contributed by atoms with van der Waals surface area (Å²) >= 11 is 0. The van der Waals surface area contributed by atoms with E-state index in [9.17, 15) is 13.2 Å². The first-order valence-corrected chi connectivity index (χ1v) is 9.93. The van der Waals surface area contributed by atoms with Gasteiger partial charge in [-0.3, -0.25) is 4.79 Å². The lowest BCUT2D eigenvalue weighted by molar-refractivity contribution is -0.135. The number of amides is 1. The van der Waals surface area contributed by atoms with E-state index in [4.69, 9.17) is 4.74 Å². The lowest BCUT2D eigenvalue weighted by Gasteiger charge is -2.27. The number of nitrogens with zero attached hydrogens (tertiary/aromatic N) is 1. The van der Waals surface area contributed by atoms with Gasteiger partial charge in [-0.05, 0) is 43.7 Å². The van der Waals surface area contributed by atoms with Crippen LogP contribution in [0.3, 0.4) is 0 Å². The molecule has 5 nitrogen and oxygen atoms in total. The van der Waals surface area contributed by atoms with Crippen LogP contribution in [0.25, 0.3) is 0 Å². The third-order valence-electron chi connectivity index (χ3n) is 3.75. The predicted molar refractivity (Wildman–Crippen MR) is 97.2 cm³/mol. The summed E-state index contributed by atoms with van der Waals surface area (Å²) < 4.78 is 28.4. The summed E-state index contributed by atoms with van der Waals surface area (Å²) in [5.74, 6) is 0.343. The highest BCUT2D eigenvalue weighted by Gasteiger charge is 2.18. The molecule has 0 aromatic heterocycles. The number of carbonyl (C=O) groups excluding carboxylic acids is 1. The van der Waals surface area contributed by atoms with Gasteiger partial charge in [0.25, 0.3) is 5.91 Å². The molecule has 1 amide bonds. The number of hydrogen-bond acceptors (Lipinski definition) is 4. The molecule has 0 radical (unpaired) electrons. The fourth-order valence-corrected chi connectivity index (χ4v) is 2.98. The first-order chi connectivity index (χ1) is 11.8. The van der Waals surface area contributed by atoms with Gasteiger partial charge in [-0.1, -0.05) is 30.3 Å². The van der Waals surface area contributed by atoms with Gasteiger partial charge in [-0.2, -0.15) is 0 Å². The van der Waals surface area contributed by atoms with Gasteiger partial charge in [0, 0.05) is 18.8 Å². The van der Waals surface area contributed by atoms with E-state index < -0.39 is 9.84 Å². The van der Waals surface area contributed by atoms with E-state index >= 15 is 0 Å². The van der Waals surface area contributed by atoms with Crippen LogP contribution in [0.5, 0.6) is 5.75 Å². The van der Waals surface area contributed by atoms with Crippen molar-refractivity contribution in [1.29, 1.82) is 0 Å². The predicted octanol–water partition coefficient (Wildman–Crippen LogP) is 2.91. The second-order valence-corrected chi connectivity index (χ2v) is 8.15. The number of rotatable bonds is 7. The molecule has 0 fully saturated rings. The molecule has 0 spiro atoms. The number of benzene rings is 2. The molecule has 2 aromatic carbocycles. The van der Waals surface area contributed by atoms with Crippen molar-refractivity contribution in [2.75, 3.05) is 12.9 Å². The minimum atomic E-state index is -3.24. The van der Waals surface area contributed by atoms with E-state index in [-0.39, 0.29) is 23.5 Å². The summed E-state index contributed by atoms with van der Waals surface area (Å²) in [6.07, 6.45) is 1.15. The van der Waals surface area contributed by atoms with Crippen molar-refractivity contribution in [3.8, 4) is 5.75 Å². The molecular formula is C19H23NO4S. The van der Waals surface area contributed by atoms with E-state index in [1.165, 1.54) is 12.1 Å². The Morgan fingerprint density at radius 2 is 1.64 bits per heavy atom. The van der Waals surface area contributed by atoms with E-state index in [0.717, 1.165) is 11.8 Å². The van der Waals surface area contributed by atoms with Crippen LogP contribution in [0.1, 0.15) is 19.4 Å². The van der Waals surface area contributed by atoms with Gasteiger partial charge in [0.2, 0.25) is 0 Å². The smallest absolute Gasteiger partial charge is 0.261 e. The maximum absolute atomic E-state index is 12.5. The van der Waals surface area contributed by atoms with Crippen molar-refractivity contribution in [2.24, 2.45) is 0 Å². The number of hydrogen-bond donors (Lipinski definition) is 0. The molecule has 0 bridgehead atoms. The van der Waals surface area contributed by atoms with Gasteiger partial charge in [0.05, 0.1) is 4.90 Å². The molecule has 2 aromatic rings. The maximum Gasteiger partial charge on any atom is 0.261 e. The van der Waals surface area contributed by atoms with Crippen LogP contribution in [0.2, 0.25) is 0 Å². The Hall–Kier alpha value is -2.34. The molecule has 0 atom stereocenters. The summed E-state index contributed by atoms with van der Waals surface area (Å²) in [5, 5.41) is 0. The van der Waals surface area contributed by atoms with Crippen molar-refractivity contribution in [3.05, 3.63) is 60.2 Å². The van der Waals surface area contributed by atoms with Gasteiger partial charge in [0.15, 0.2) is 16.4 Å². The lowest BCUT2D eigenvalue weighted by Crippen LogP contribution is -2.39. The molecule has 25 heavy (non-hydrogen) atoms. The number of ether oxygens (including phenoxy) is 1. The van der Waals surface area contributed by atoms with Crippen molar-refractivity contribution in [3.63, 3.8) is 0 Å². The highest BCUT2D eigenvalue weighted by Crippen LogP contribution is 2.16.